The molecule has 0 aromatic carbocycles. The summed E-state index contributed by atoms with van der Waals surface area (Å²) >= 11 is 0. The highest BCUT2D eigenvalue weighted by Gasteiger charge is 2.26. The first-order valence-electron chi connectivity index (χ1n) is 6.06. The highest BCUT2D eigenvalue weighted by Crippen LogP contribution is 2.18. The van der Waals surface area contributed by atoms with E-state index >= 15 is 0 Å². The quantitative estimate of drug-likeness (QED) is 0.433. The average Bonchev–Trinajstić information content (AvgIpc) is 2.80. The molecule has 0 saturated carbocycles. The summed E-state index contributed by atoms with van der Waals surface area (Å²) < 4.78 is 37.9. The molecule has 0 amide bonds. The van der Waals surface area contributed by atoms with E-state index < -0.39 is 12.6 Å². The molecule has 0 saturated heterocycles. The Morgan fingerprint density at radius 3 is 2.65 bits per heavy atom. The van der Waals surface area contributed by atoms with E-state index in [9.17, 15) is 13.2 Å². The molecular weight excluding hydrogens is 386 g/mol. The highest BCUT2D eigenvalue weighted by atomic mass is 127. The van der Waals surface area contributed by atoms with Gasteiger partial charge in [-0.3, -0.25) is 4.99 Å². The van der Waals surface area contributed by atoms with Crippen molar-refractivity contribution in [3.63, 3.8) is 0 Å². The van der Waals surface area contributed by atoms with Crippen LogP contribution >= 0.6 is 24.0 Å². The molecule has 0 unspecified atom stereocenters. The SMILES string of the molecule is CCNC(=NCCC(F)(F)F)NCCn1ccnc1.I. The van der Waals surface area contributed by atoms with Gasteiger partial charge >= 0.3 is 6.18 Å². The topological polar surface area (TPSA) is 54.2 Å². The molecule has 116 valence electrons. The fraction of sp³-hybridized carbons (Fsp3) is 0.636. The zero-order valence-electron chi connectivity index (χ0n) is 11.2. The minimum Gasteiger partial charge on any atom is -0.357 e. The maximum atomic E-state index is 12.0. The van der Waals surface area contributed by atoms with E-state index in [1.807, 2.05) is 17.7 Å². The van der Waals surface area contributed by atoms with Crippen LogP contribution in [-0.2, 0) is 6.54 Å². The van der Waals surface area contributed by atoms with Crippen molar-refractivity contribution in [1.29, 1.82) is 0 Å². The lowest BCUT2D eigenvalue weighted by Gasteiger charge is -2.12. The van der Waals surface area contributed by atoms with Crippen molar-refractivity contribution >= 4 is 29.9 Å². The molecule has 1 aromatic rings. The molecule has 0 fully saturated rings. The van der Waals surface area contributed by atoms with Gasteiger partial charge in [-0.1, -0.05) is 0 Å². The van der Waals surface area contributed by atoms with Crippen molar-refractivity contribution in [2.75, 3.05) is 19.6 Å². The van der Waals surface area contributed by atoms with Crippen LogP contribution in [0.4, 0.5) is 13.2 Å². The Bertz CT molecular complexity index is 378. The zero-order valence-corrected chi connectivity index (χ0v) is 13.5. The Labute approximate surface area is 133 Å². The van der Waals surface area contributed by atoms with Crippen molar-refractivity contribution in [2.45, 2.75) is 26.1 Å². The Kier molecular flexibility index (Phi) is 9.34. The van der Waals surface area contributed by atoms with Crippen molar-refractivity contribution in [1.82, 2.24) is 20.2 Å². The summed E-state index contributed by atoms with van der Waals surface area (Å²) in [5.41, 5.74) is 0. The van der Waals surface area contributed by atoms with Crippen molar-refractivity contribution in [3.8, 4) is 0 Å². The van der Waals surface area contributed by atoms with Gasteiger partial charge in [0, 0.05) is 32.0 Å². The maximum absolute atomic E-state index is 12.0. The fourth-order valence-corrected chi connectivity index (χ4v) is 1.36. The molecule has 5 nitrogen and oxygen atoms in total. The van der Waals surface area contributed by atoms with E-state index in [1.165, 1.54) is 0 Å². The summed E-state index contributed by atoms with van der Waals surface area (Å²) in [5.74, 6) is 0.395. The van der Waals surface area contributed by atoms with Gasteiger partial charge in [-0.15, -0.1) is 24.0 Å². The molecule has 20 heavy (non-hydrogen) atoms. The second kappa shape index (κ2) is 9.83. The van der Waals surface area contributed by atoms with Crippen LogP contribution < -0.4 is 10.6 Å². The van der Waals surface area contributed by atoms with Gasteiger partial charge in [-0.25, -0.2) is 4.98 Å². The molecule has 2 N–H and O–H groups in total. The zero-order chi connectivity index (χ0) is 14.1. The maximum Gasteiger partial charge on any atom is 0.390 e. The van der Waals surface area contributed by atoms with Crippen LogP contribution in [0.2, 0.25) is 0 Å². The van der Waals surface area contributed by atoms with Gasteiger partial charge in [-0.2, -0.15) is 13.2 Å². The molecule has 1 heterocycles. The predicted molar refractivity (Wildman–Crippen MR) is 82.3 cm³/mol. The fourth-order valence-electron chi connectivity index (χ4n) is 1.36. The van der Waals surface area contributed by atoms with E-state index in [0.717, 1.165) is 0 Å². The third-order valence-corrected chi connectivity index (χ3v) is 2.23. The summed E-state index contributed by atoms with van der Waals surface area (Å²) in [4.78, 5) is 7.76. The van der Waals surface area contributed by atoms with Gasteiger partial charge in [0.15, 0.2) is 5.96 Å². The first kappa shape index (κ1) is 19.0. The molecule has 0 atom stereocenters. The Hall–Kier alpha value is -1.00. The van der Waals surface area contributed by atoms with Crippen molar-refractivity contribution in [3.05, 3.63) is 18.7 Å². The van der Waals surface area contributed by atoms with Crippen LogP contribution in [0.25, 0.3) is 0 Å². The van der Waals surface area contributed by atoms with E-state index in [-0.39, 0.29) is 30.5 Å². The van der Waals surface area contributed by atoms with Crippen LogP contribution in [0, 0.1) is 0 Å². The van der Waals surface area contributed by atoms with Crippen LogP contribution in [0.15, 0.2) is 23.7 Å². The van der Waals surface area contributed by atoms with Crippen molar-refractivity contribution < 1.29 is 13.2 Å². The normalized spacial score (nSPS) is 11.9. The molecule has 9 heteroatoms. The number of aromatic nitrogens is 2. The number of halogens is 4. The van der Waals surface area contributed by atoms with Crippen LogP contribution in [-0.4, -0.2) is 41.3 Å². The lowest BCUT2D eigenvalue weighted by Crippen LogP contribution is -2.39. The van der Waals surface area contributed by atoms with Crippen molar-refractivity contribution in [2.24, 2.45) is 4.99 Å². The van der Waals surface area contributed by atoms with Gasteiger partial charge in [0.1, 0.15) is 0 Å². The van der Waals surface area contributed by atoms with Gasteiger partial charge in [0.25, 0.3) is 0 Å². The van der Waals surface area contributed by atoms with Gasteiger partial charge in [-0.05, 0) is 6.92 Å². The molecule has 0 aliphatic rings. The molecule has 0 spiro atoms. The molecule has 0 aliphatic heterocycles. The Morgan fingerprint density at radius 1 is 1.35 bits per heavy atom. The molecular formula is C11H19F3IN5. The number of hydrogen-bond donors (Lipinski definition) is 2. The van der Waals surface area contributed by atoms with Gasteiger partial charge in [0.05, 0.1) is 19.3 Å². The number of aliphatic imine (C=N–C) groups is 1. The standard InChI is InChI=1S/C11H18F3N5.HI/c1-2-16-10(17-4-3-11(12,13)14)18-6-8-19-7-5-15-9-19;/h5,7,9H,2-4,6,8H2,1H3,(H2,16,17,18);1H. The number of rotatable bonds is 6. The molecule has 0 aliphatic carbocycles. The molecule has 1 rings (SSSR count). The number of alkyl halides is 3. The number of guanidine groups is 1. The first-order chi connectivity index (χ1) is 9.01. The highest BCUT2D eigenvalue weighted by molar-refractivity contribution is 14.0. The van der Waals surface area contributed by atoms with Gasteiger partial charge in [0.2, 0.25) is 0 Å². The van der Waals surface area contributed by atoms with E-state index in [0.29, 0.717) is 25.6 Å². The predicted octanol–water partition coefficient (Wildman–Crippen LogP) is 2.01. The van der Waals surface area contributed by atoms with Crippen LogP contribution in [0.1, 0.15) is 13.3 Å². The summed E-state index contributed by atoms with van der Waals surface area (Å²) in [6, 6.07) is 0. The largest absolute Gasteiger partial charge is 0.390 e. The minimum absolute atomic E-state index is 0. The molecule has 0 bridgehead atoms. The number of hydrogen-bond acceptors (Lipinski definition) is 2. The average molecular weight is 405 g/mol. The van der Waals surface area contributed by atoms with Crippen LogP contribution in [0.5, 0.6) is 0 Å². The Morgan fingerprint density at radius 2 is 2.10 bits per heavy atom. The third-order valence-electron chi connectivity index (χ3n) is 2.23. The van der Waals surface area contributed by atoms with Crippen LogP contribution in [0.3, 0.4) is 0 Å². The summed E-state index contributed by atoms with van der Waals surface area (Å²) in [6.07, 6.45) is 0.0795. The molecule has 1 aromatic heterocycles. The van der Waals surface area contributed by atoms with E-state index in [1.54, 1.807) is 12.5 Å². The second-order valence-electron chi connectivity index (χ2n) is 3.85. The first-order valence-corrected chi connectivity index (χ1v) is 6.06. The number of nitrogens with one attached hydrogen (secondary N) is 2. The Balaban J connectivity index is 0.00000361. The third kappa shape index (κ3) is 8.99. The number of nitrogens with zero attached hydrogens (tertiary/aromatic N) is 3. The monoisotopic (exact) mass is 405 g/mol. The number of imidazole rings is 1. The lowest BCUT2D eigenvalue weighted by molar-refractivity contribution is -0.132. The molecule has 0 radical (unpaired) electrons. The van der Waals surface area contributed by atoms with E-state index in [4.69, 9.17) is 0 Å². The lowest BCUT2D eigenvalue weighted by atomic mass is 10.4. The summed E-state index contributed by atoms with van der Waals surface area (Å²) in [6.45, 7) is 3.42. The summed E-state index contributed by atoms with van der Waals surface area (Å²) in [5, 5.41) is 5.86. The van der Waals surface area contributed by atoms with E-state index in [2.05, 4.69) is 20.6 Å². The minimum atomic E-state index is -4.17. The second-order valence-corrected chi connectivity index (χ2v) is 3.85. The summed E-state index contributed by atoms with van der Waals surface area (Å²) in [7, 11) is 0. The smallest absolute Gasteiger partial charge is 0.357 e. The van der Waals surface area contributed by atoms with Gasteiger partial charge < -0.3 is 15.2 Å².